The Hall–Kier alpha value is -0.570. The van der Waals surface area contributed by atoms with Crippen molar-refractivity contribution in [2.75, 3.05) is 13.1 Å². The normalized spacial score (nSPS) is 23.6. The van der Waals surface area contributed by atoms with E-state index >= 15 is 0 Å². The second-order valence-corrected chi connectivity index (χ2v) is 6.09. The maximum Gasteiger partial charge on any atom is 0.237 e. The number of unbranched alkanes of at least 4 members (excludes halogenated alkanes) is 3. The van der Waals surface area contributed by atoms with Gasteiger partial charge in [0.05, 0.1) is 6.04 Å². The van der Waals surface area contributed by atoms with E-state index < -0.39 is 0 Å². The highest BCUT2D eigenvalue weighted by Gasteiger charge is 2.28. The molecule has 1 rings (SSSR count). The molecule has 1 aliphatic heterocycles. The van der Waals surface area contributed by atoms with E-state index in [0.29, 0.717) is 5.92 Å². The molecule has 0 aromatic heterocycles. The third-order valence-corrected chi connectivity index (χ3v) is 3.82. The summed E-state index contributed by atoms with van der Waals surface area (Å²) in [6.45, 7) is 8.52. The predicted molar refractivity (Wildman–Crippen MR) is 76.5 cm³/mol. The van der Waals surface area contributed by atoms with Crippen molar-refractivity contribution in [3.8, 4) is 0 Å². The average molecular weight is 254 g/mol. The summed E-state index contributed by atoms with van der Waals surface area (Å²) in [5, 5.41) is 6.32. The number of carbonyl (C=O) groups excluding carboxylic acids is 1. The van der Waals surface area contributed by atoms with E-state index in [2.05, 4.69) is 31.4 Å². The van der Waals surface area contributed by atoms with Gasteiger partial charge in [-0.05, 0) is 31.2 Å². The molecule has 2 atom stereocenters. The summed E-state index contributed by atoms with van der Waals surface area (Å²) in [4.78, 5) is 11.9. The molecule has 0 aromatic carbocycles. The van der Waals surface area contributed by atoms with E-state index in [4.69, 9.17) is 0 Å². The molecule has 1 aliphatic rings. The van der Waals surface area contributed by atoms with Gasteiger partial charge in [0.2, 0.25) is 5.91 Å². The first kappa shape index (κ1) is 15.5. The smallest absolute Gasteiger partial charge is 0.237 e. The van der Waals surface area contributed by atoms with Crippen LogP contribution in [0.15, 0.2) is 0 Å². The lowest BCUT2D eigenvalue weighted by atomic mass is 10.0. The molecule has 3 nitrogen and oxygen atoms in total. The lowest BCUT2D eigenvalue weighted by Gasteiger charge is -2.15. The van der Waals surface area contributed by atoms with Crippen molar-refractivity contribution in [3.05, 3.63) is 0 Å². The average Bonchev–Trinajstić information content (AvgIpc) is 2.73. The Bertz CT molecular complexity index is 241. The summed E-state index contributed by atoms with van der Waals surface area (Å²) in [6.07, 6.45) is 7.42. The van der Waals surface area contributed by atoms with Crippen molar-refractivity contribution in [2.24, 2.45) is 11.8 Å². The summed E-state index contributed by atoms with van der Waals surface area (Å²) >= 11 is 0. The zero-order valence-corrected chi connectivity index (χ0v) is 12.3. The van der Waals surface area contributed by atoms with Crippen LogP contribution in [0, 0.1) is 11.8 Å². The maximum absolute atomic E-state index is 11.9. The first-order valence-corrected chi connectivity index (χ1v) is 7.62. The van der Waals surface area contributed by atoms with Gasteiger partial charge in [-0.15, -0.1) is 0 Å². The van der Waals surface area contributed by atoms with Crippen LogP contribution >= 0.6 is 0 Å². The Morgan fingerprint density at radius 3 is 2.61 bits per heavy atom. The second kappa shape index (κ2) is 8.52. The van der Waals surface area contributed by atoms with Crippen LogP contribution in [0.5, 0.6) is 0 Å². The maximum atomic E-state index is 11.9. The van der Waals surface area contributed by atoms with E-state index in [0.717, 1.165) is 31.8 Å². The molecule has 2 N–H and O–H groups in total. The Balaban J connectivity index is 1.96. The van der Waals surface area contributed by atoms with Gasteiger partial charge in [-0.3, -0.25) is 4.79 Å². The Morgan fingerprint density at radius 1 is 1.28 bits per heavy atom. The van der Waals surface area contributed by atoms with Gasteiger partial charge >= 0.3 is 0 Å². The third-order valence-electron chi connectivity index (χ3n) is 3.82. The summed E-state index contributed by atoms with van der Waals surface area (Å²) in [5.41, 5.74) is 0. The van der Waals surface area contributed by atoms with Crippen LogP contribution in [0.25, 0.3) is 0 Å². The standard InChI is InChI=1S/C15H30N2O/c1-12(2)8-6-4-5-7-10-17-15(18)14-13(3)9-11-16-14/h12-14,16H,4-11H2,1-3H3,(H,17,18). The largest absolute Gasteiger partial charge is 0.355 e. The number of hydrogen-bond donors (Lipinski definition) is 2. The van der Waals surface area contributed by atoms with Gasteiger partial charge in [-0.25, -0.2) is 0 Å². The fourth-order valence-corrected chi connectivity index (χ4v) is 2.54. The van der Waals surface area contributed by atoms with Gasteiger partial charge in [0.1, 0.15) is 0 Å². The van der Waals surface area contributed by atoms with Gasteiger partial charge in [0.15, 0.2) is 0 Å². The van der Waals surface area contributed by atoms with E-state index in [1.807, 2.05) is 0 Å². The van der Waals surface area contributed by atoms with Gasteiger partial charge in [0.25, 0.3) is 0 Å². The minimum Gasteiger partial charge on any atom is -0.355 e. The summed E-state index contributed by atoms with van der Waals surface area (Å²) < 4.78 is 0. The van der Waals surface area contributed by atoms with Crippen molar-refractivity contribution >= 4 is 5.91 Å². The van der Waals surface area contributed by atoms with E-state index in [9.17, 15) is 4.79 Å². The molecule has 2 unspecified atom stereocenters. The van der Waals surface area contributed by atoms with Crippen molar-refractivity contribution < 1.29 is 4.79 Å². The Morgan fingerprint density at radius 2 is 2.00 bits per heavy atom. The molecule has 1 saturated heterocycles. The molecule has 1 fully saturated rings. The summed E-state index contributed by atoms with van der Waals surface area (Å²) in [7, 11) is 0. The van der Waals surface area contributed by atoms with Crippen molar-refractivity contribution in [1.29, 1.82) is 0 Å². The van der Waals surface area contributed by atoms with Gasteiger partial charge < -0.3 is 10.6 Å². The minimum absolute atomic E-state index is 0.0472. The molecule has 3 heteroatoms. The zero-order chi connectivity index (χ0) is 13.4. The predicted octanol–water partition coefficient (Wildman–Crippen LogP) is 2.71. The van der Waals surface area contributed by atoms with Gasteiger partial charge in [0, 0.05) is 6.54 Å². The van der Waals surface area contributed by atoms with E-state index in [1.54, 1.807) is 0 Å². The molecule has 1 amide bonds. The number of amides is 1. The van der Waals surface area contributed by atoms with E-state index in [1.165, 1.54) is 25.7 Å². The summed E-state index contributed by atoms with van der Waals surface area (Å²) in [5.74, 6) is 1.50. The fourth-order valence-electron chi connectivity index (χ4n) is 2.54. The topological polar surface area (TPSA) is 41.1 Å². The van der Waals surface area contributed by atoms with Crippen LogP contribution in [-0.4, -0.2) is 25.0 Å². The second-order valence-electron chi connectivity index (χ2n) is 6.09. The molecule has 106 valence electrons. The number of rotatable bonds is 8. The summed E-state index contributed by atoms with van der Waals surface area (Å²) in [6, 6.07) is 0.0472. The van der Waals surface area contributed by atoms with E-state index in [-0.39, 0.29) is 11.9 Å². The zero-order valence-electron chi connectivity index (χ0n) is 12.3. The molecule has 0 bridgehead atoms. The minimum atomic E-state index is 0.0472. The van der Waals surface area contributed by atoms with Crippen LogP contribution in [-0.2, 0) is 4.79 Å². The highest BCUT2D eigenvalue weighted by atomic mass is 16.2. The molecule has 0 radical (unpaired) electrons. The molecular formula is C15H30N2O. The molecule has 1 heterocycles. The fraction of sp³-hybridized carbons (Fsp3) is 0.933. The molecule has 0 spiro atoms. The van der Waals surface area contributed by atoms with Crippen LogP contribution < -0.4 is 10.6 Å². The lowest BCUT2D eigenvalue weighted by Crippen LogP contribution is -2.43. The molecule has 0 aromatic rings. The SMILES string of the molecule is CC(C)CCCCCCNC(=O)C1NCCC1C. The monoisotopic (exact) mass is 254 g/mol. The quantitative estimate of drug-likeness (QED) is 0.654. The first-order valence-electron chi connectivity index (χ1n) is 7.62. The van der Waals surface area contributed by atoms with Gasteiger partial charge in [-0.2, -0.15) is 0 Å². The Kier molecular flexibility index (Phi) is 7.33. The van der Waals surface area contributed by atoms with Crippen LogP contribution in [0.2, 0.25) is 0 Å². The highest BCUT2D eigenvalue weighted by molar-refractivity contribution is 5.82. The molecular weight excluding hydrogens is 224 g/mol. The van der Waals surface area contributed by atoms with Crippen molar-refractivity contribution in [3.63, 3.8) is 0 Å². The molecule has 0 saturated carbocycles. The number of hydrogen-bond acceptors (Lipinski definition) is 2. The lowest BCUT2D eigenvalue weighted by molar-refractivity contribution is -0.123. The molecule has 0 aliphatic carbocycles. The number of carbonyl (C=O) groups is 1. The van der Waals surface area contributed by atoms with Crippen molar-refractivity contribution in [2.45, 2.75) is 65.3 Å². The number of nitrogens with one attached hydrogen (secondary N) is 2. The van der Waals surface area contributed by atoms with Crippen LogP contribution in [0.3, 0.4) is 0 Å². The molecule has 18 heavy (non-hydrogen) atoms. The Labute approximate surface area is 112 Å². The van der Waals surface area contributed by atoms with Crippen molar-refractivity contribution in [1.82, 2.24) is 10.6 Å². The van der Waals surface area contributed by atoms with Crippen LogP contribution in [0.4, 0.5) is 0 Å². The first-order chi connectivity index (χ1) is 8.61. The van der Waals surface area contributed by atoms with Crippen LogP contribution in [0.1, 0.15) is 59.3 Å². The highest BCUT2D eigenvalue weighted by Crippen LogP contribution is 2.14. The van der Waals surface area contributed by atoms with Gasteiger partial charge in [-0.1, -0.05) is 46.5 Å². The third kappa shape index (κ3) is 5.85.